The quantitative estimate of drug-likeness (QED) is 0.862. The number of morpholine rings is 1. The average Bonchev–Trinajstić information content (AvgIpc) is 2.88. The molecule has 0 N–H and O–H groups in total. The smallest absolute Gasteiger partial charge is 0.244 e. The third-order valence-electron chi connectivity index (χ3n) is 3.69. The van der Waals surface area contributed by atoms with Crippen LogP contribution in [-0.2, 0) is 16.1 Å². The molecule has 1 aliphatic rings. The van der Waals surface area contributed by atoms with Crippen molar-refractivity contribution < 1.29 is 9.53 Å². The second-order valence-electron chi connectivity index (χ2n) is 5.53. The first-order valence-corrected chi connectivity index (χ1v) is 7.50. The third-order valence-corrected chi connectivity index (χ3v) is 3.69. The van der Waals surface area contributed by atoms with Gasteiger partial charge in [-0.25, -0.2) is 9.67 Å². The van der Waals surface area contributed by atoms with Gasteiger partial charge in [0.15, 0.2) is 5.82 Å². The van der Waals surface area contributed by atoms with E-state index in [4.69, 9.17) is 4.74 Å². The number of carbonyl (C=O) groups excluding carboxylic acids is 1. The van der Waals surface area contributed by atoms with Gasteiger partial charge in [0, 0.05) is 18.7 Å². The minimum absolute atomic E-state index is 0.0530. The second-order valence-corrected chi connectivity index (χ2v) is 5.53. The summed E-state index contributed by atoms with van der Waals surface area (Å²) >= 11 is 0. The molecule has 0 aliphatic carbocycles. The molecule has 116 valence electrons. The van der Waals surface area contributed by atoms with Crippen LogP contribution in [0, 0.1) is 6.92 Å². The molecule has 1 aliphatic heterocycles. The maximum absolute atomic E-state index is 12.5. The van der Waals surface area contributed by atoms with Crippen molar-refractivity contribution in [1.29, 1.82) is 0 Å². The summed E-state index contributed by atoms with van der Waals surface area (Å²) in [5.74, 6) is 1.45. The van der Waals surface area contributed by atoms with E-state index in [1.807, 2.05) is 49.1 Å². The molecule has 6 nitrogen and oxygen atoms in total. The van der Waals surface area contributed by atoms with Crippen molar-refractivity contribution >= 4 is 5.91 Å². The lowest BCUT2D eigenvalue weighted by Gasteiger charge is -2.31. The van der Waals surface area contributed by atoms with Crippen LogP contribution >= 0.6 is 0 Å². The zero-order valence-electron chi connectivity index (χ0n) is 12.9. The summed E-state index contributed by atoms with van der Waals surface area (Å²) in [6, 6.07) is 9.81. The zero-order chi connectivity index (χ0) is 15.5. The standard InChI is InChI=1S/C16H20N4O2/c1-12-10-19(8-9-22-12)15(21)11-20-16(17-13(2)18-20)14-6-4-3-5-7-14/h3-7,12H,8-11H2,1-2H3/t12-/m0/s1. The number of amides is 1. The van der Waals surface area contributed by atoms with E-state index in [9.17, 15) is 4.79 Å². The van der Waals surface area contributed by atoms with Crippen LogP contribution in [0.15, 0.2) is 30.3 Å². The van der Waals surface area contributed by atoms with Gasteiger partial charge in [0.2, 0.25) is 5.91 Å². The summed E-state index contributed by atoms with van der Waals surface area (Å²) in [5, 5.41) is 4.37. The molecule has 2 heterocycles. The average molecular weight is 300 g/mol. The van der Waals surface area contributed by atoms with Gasteiger partial charge in [0.25, 0.3) is 0 Å². The Balaban J connectivity index is 1.79. The van der Waals surface area contributed by atoms with E-state index < -0.39 is 0 Å². The van der Waals surface area contributed by atoms with Crippen LogP contribution in [0.3, 0.4) is 0 Å². The molecular weight excluding hydrogens is 280 g/mol. The molecule has 1 aromatic carbocycles. The Morgan fingerprint density at radius 3 is 2.86 bits per heavy atom. The number of aromatic nitrogens is 3. The number of ether oxygens (including phenoxy) is 1. The Bertz CT molecular complexity index is 653. The molecule has 1 amide bonds. The predicted octanol–water partition coefficient (Wildman–Crippen LogP) is 1.50. The summed E-state index contributed by atoms with van der Waals surface area (Å²) in [6.45, 7) is 5.88. The monoisotopic (exact) mass is 300 g/mol. The van der Waals surface area contributed by atoms with Gasteiger partial charge in [-0.3, -0.25) is 4.79 Å². The fourth-order valence-corrected chi connectivity index (χ4v) is 2.64. The Morgan fingerprint density at radius 2 is 2.14 bits per heavy atom. The maximum atomic E-state index is 12.5. The lowest BCUT2D eigenvalue weighted by atomic mass is 10.2. The number of nitrogens with zero attached hydrogens (tertiary/aromatic N) is 4. The molecule has 0 saturated carbocycles. The van der Waals surface area contributed by atoms with Crippen LogP contribution in [-0.4, -0.2) is 51.4 Å². The van der Waals surface area contributed by atoms with Crippen LogP contribution in [0.2, 0.25) is 0 Å². The van der Waals surface area contributed by atoms with Crippen LogP contribution in [0.5, 0.6) is 0 Å². The van der Waals surface area contributed by atoms with Crippen molar-refractivity contribution in [3.8, 4) is 11.4 Å². The molecule has 6 heteroatoms. The third kappa shape index (κ3) is 3.17. The fraction of sp³-hybridized carbons (Fsp3) is 0.438. The molecule has 2 aromatic rings. The SMILES string of the molecule is Cc1nc(-c2ccccc2)n(CC(=O)N2CCO[C@@H](C)C2)n1. The number of benzene rings is 1. The first kappa shape index (κ1) is 14.7. The molecule has 0 spiro atoms. The Morgan fingerprint density at radius 1 is 1.36 bits per heavy atom. The molecule has 0 unspecified atom stereocenters. The molecular formula is C16H20N4O2. The minimum atomic E-state index is 0.0530. The Kier molecular flexibility index (Phi) is 4.20. The minimum Gasteiger partial charge on any atom is -0.375 e. The number of aryl methyl sites for hydroxylation is 1. The van der Waals surface area contributed by atoms with E-state index in [0.717, 1.165) is 11.4 Å². The topological polar surface area (TPSA) is 60.2 Å². The fourth-order valence-electron chi connectivity index (χ4n) is 2.64. The highest BCUT2D eigenvalue weighted by Gasteiger charge is 2.23. The molecule has 0 bridgehead atoms. The Hall–Kier alpha value is -2.21. The van der Waals surface area contributed by atoms with Crippen molar-refractivity contribution in [1.82, 2.24) is 19.7 Å². The molecule has 1 aromatic heterocycles. The van der Waals surface area contributed by atoms with E-state index in [0.29, 0.717) is 25.5 Å². The van der Waals surface area contributed by atoms with Gasteiger partial charge in [-0.2, -0.15) is 5.10 Å². The summed E-state index contributed by atoms with van der Waals surface area (Å²) in [5.41, 5.74) is 0.964. The largest absolute Gasteiger partial charge is 0.375 e. The summed E-state index contributed by atoms with van der Waals surface area (Å²) in [4.78, 5) is 18.8. The number of hydrogen-bond donors (Lipinski definition) is 0. The van der Waals surface area contributed by atoms with Crippen molar-refractivity contribution in [3.63, 3.8) is 0 Å². The van der Waals surface area contributed by atoms with E-state index in [1.165, 1.54) is 0 Å². The van der Waals surface area contributed by atoms with Gasteiger partial charge in [0.05, 0.1) is 12.7 Å². The van der Waals surface area contributed by atoms with E-state index in [-0.39, 0.29) is 18.6 Å². The lowest BCUT2D eigenvalue weighted by Crippen LogP contribution is -2.45. The summed E-state index contributed by atoms with van der Waals surface area (Å²) in [7, 11) is 0. The first-order valence-electron chi connectivity index (χ1n) is 7.50. The highest BCUT2D eigenvalue weighted by atomic mass is 16.5. The maximum Gasteiger partial charge on any atom is 0.244 e. The normalized spacial score (nSPS) is 18.5. The number of carbonyl (C=O) groups is 1. The van der Waals surface area contributed by atoms with Gasteiger partial charge in [0.1, 0.15) is 12.4 Å². The molecule has 22 heavy (non-hydrogen) atoms. The molecule has 1 fully saturated rings. The van der Waals surface area contributed by atoms with Crippen molar-refractivity contribution in [2.45, 2.75) is 26.5 Å². The first-order chi connectivity index (χ1) is 10.6. The van der Waals surface area contributed by atoms with Crippen molar-refractivity contribution in [2.24, 2.45) is 0 Å². The van der Waals surface area contributed by atoms with Gasteiger partial charge < -0.3 is 9.64 Å². The van der Waals surface area contributed by atoms with E-state index in [2.05, 4.69) is 10.1 Å². The van der Waals surface area contributed by atoms with Gasteiger partial charge in [-0.1, -0.05) is 30.3 Å². The summed E-state index contributed by atoms with van der Waals surface area (Å²) < 4.78 is 7.16. The molecule has 1 saturated heterocycles. The van der Waals surface area contributed by atoms with Gasteiger partial charge >= 0.3 is 0 Å². The lowest BCUT2D eigenvalue weighted by molar-refractivity contribution is -0.138. The van der Waals surface area contributed by atoms with Crippen molar-refractivity contribution in [2.75, 3.05) is 19.7 Å². The molecule has 3 rings (SSSR count). The zero-order valence-corrected chi connectivity index (χ0v) is 12.9. The van der Waals surface area contributed by atoms with Gasteiger partial charge in [-0.05, 0) is 13.8 Å². The van der Waals surface area contributed by atoms with Crippen LogP contribution < -0.4 is 0 Å². The highest BCUT2D eigenvalue weighted by Crippen LogP contribution is 2.17. The highest BCUT2D eigenvalue weighted by molar-refractivity contribution is 5.76. The summed E-state index contributed by atoms with van der Waals surface area (Å²) in [6.07, 6.45) is 0.0868. The Labute approximate surface area is 129 Å². The van der Waals surface area contributed by atoms with E-state index in [1.54, 1.807) is 4.68 Å². The van der Waals surface area contributed by atoms with Gasteiger partial charge in [-0.15, -0.1) is 0 Å². The molecule has 1 atom stereocenters. The predicted molar refractivity (Wildman–Crippen MR) is 82.2 cm³/mol. The van der Waals surface area contributed by atoms with E-state index >= 15 is 0 Å². The molecule has 0 radical (unpaired) electrons. The second kappa shape index (κ2) is 6.27. The van der Waals surface area contributed by atoms with Crippen LogP contribution in [0.4, 0.5) is 0 Å². The van der Waals surface area contributed by atoms with Crippen LogP contribution in [0.1, 0.15) is 12.7 Å². The van der Waals surface area contributed by atoms with Crippen LogP contribution in [0.25, 0.3) is 11.4 Å². The van der Waals surface area contributed by atoms with Crippen molar-refractivity contribution in [3.05, 3.63) is 36.2 Å². The number of hydrogen-bond acceptors (Lipinski definition) is 4. The number of rotatable bonds is 3.